The standard InChI is InChI=1S/C9H14N4O4/c1-13-3-2-6(12-13)4-10-9(17)11-5-7(14)8(15)16/h2-3,7,14H,4-5H2,1H3,(H,15,16)(H2,10,11,17). The van der Waals surface area contributed by atoms with Gasteiger partial charge in [0, 0.05) is 13.2 Å². The Morgan fingerprint density at radius 2 is 2.24 bits per heavy atom. The third kappa shape index (κ3) is 4.51. The second-order valence-corrected chi connectivity index (χ2v) is 3.40. The Bertz CT molecular complexity index is 403. The number of carboxylic acid groups (broad SMARTS) is 1. The van der Waals surface area contributed by atoms with Crippen LogP contribution < -0.4 is 10.6 Å². The van der Waals surface area contributed by atoms with Crippen LogP contribution in [0.25, 0.3) is 0 Å². The molecular formula is C9H14N4O4. The van der Waals surface area contributed by atoms with Crippen molar-refractivity contribution >= 4 is 12.0 Å². The maximum Gasteiger partial charge on any atom is 0.334 e. The van der Waals surface area contributed by atoms with Crippen molar-refractivity contribution < 1.29 is 19.8 Å². The molecule has 0 spiro atoms. The number of hydrogen-bond acceptors (Lipinski definition) is 4. The molecule has 1 unspecified atom stereocenters. The van der Waals surface area contributed by atoms with Gasteiger partial charge in [-0.1, -0.05) is 0 Å². The number of carbonyl (C=O) groups is 2. The molecule has 0 saturated carbocycles. The number of rotatable bonds is 5. The van der Waals surface area contributed by atoms with Crippen LogP contribution in [0.4, 0.5) is 4.79 Å². The molecule has 0 aliphatic carbocycles. The van der Waals surface area contributed by atoms with Crippen molar-refractivity contribution in [1.82, 2.24) is 20.4 Å². The number of aryl methyl sites for hydroxylation is 1. The molecule has 17 heavy (non-hydrogen) atoms. The molecule has 1 heterocycles. The molecule has 0 bridgehead atoms. The topological polar surface area (TPSA) is 116 Å². The average Bonchev–Trinajstić information content (AvgIpc) is 2.69. The molecule has 4 N–H and O–H groups in total. The highest BCUT2D eigenvalue weighted by atomic mass is 16.4. The molecule has 0 radical (unpaired) electrons. The molecule has 1 aromatic rings. The molecule has 1 rings (SSSR count). The molecule has 94 valence electrons. The summed E-state index contributed by atoms with van der Waals surface area (Å²) in [5, 5.41) is 26.0. The van der Waals surface area contributed by atoms with Gasteiger partial charge in [-0.2, -0.15) is 5.10 Å². The summed E-state index contributed by atoms with van der Waals surface area (Å²) in [6.07, 6.45) is 0.138. The zero-order valence-electron chi connectivity index (χ0n) is 9.25. The van der Waals surface area contributed by atoms with Gasteiger partial charge < -0.3 is 20.8 Å². The lowest BCUT2D eigenvalue weighted by molar-refractivity contribution is -0.146. The van der Waals surface area contributed by atoms with Crippen molar-refractivity contribution in [3.63, 3.8) is 0 Å². The van der Waals surface area contributed by atoms with Crippen molar-refractivity contribution in [3.8, 4) is 0 Å². The number of carbonyl (C=O) groups excluding carboxylic acids is 1. The number of aliphatic carboxylic acids is 1. The van der Waals surface area contributed by atoms with Gasteiger partial charge in [-0.25, -0.2) is 9.59 Å². The number of urea groups is 1. The van der Waals surface area contributed by atoms with E-state index < -0.39 is 18.1 Å². The number of carboxylic acids is 1. The SMILES string of the molecule is Cn1ccc(CNC(=O)NCC(O)C(=O)O)n1. The van der Waals surface area contributed by atoms with Crippen LogP contribution in [0, 0.1) is 0 Å². The lowest BCUT2D eigenvalue weighted by atomic mass is 10.3. The third-order valence-corrected chi connectivity index (χ3v) is 1.94. The van der Waals surface area contributed by atoms with Gasteiger partial charge in [0.05, 0.1) is 18.8 Å². The second-order valence-electron chi connectivity index (χ2n) is 3.40. The Labute approximate surface area is 97.2 Å². The molecule has 2 amide bonds. The van der Waals surface area contributed by atoms with Crippen LogP contribution in [-0.4, -0.2) is 44.6 Å². The molecule has 0 fully saturated rings. The quantitative estimate of drug-likeness (QED) is 0.510. The van der Waals surface area contributed by atoms with E-state index in [1.807, 2.05) is 0 Å². The van der Waals surface area contributed by atoms with Crippen molar-refractivity contribution in [1.29, 1.82) is 0 Å². The molecule has 0 aromatic carbocycles. The van der Waals surface area contributed by atoms with Crippen molar-refractivity contribution in [3.05, 3.63) is 18.0 Å². The van der Waals surface area contributed by atoms with Gasteiger partial charge >= 0.3 is 12.0 Å². The van der Waals surface area contributed by atoms with E-state index >= 15 is 0 Å². The molecule has 0 saturated heterocycles. The van der Waals surface area contributed by atoms with Crippen LogP contribution in [0.1, 0.15) is 5.69 Å². The first-order valence-electron chi connectivity index (χ1n) is 4.90. The van der Waals surface area contributed by atoms with Gasteiger partial charge in [-0.3, -0.25) is 4.68 Å². The fourth-order valence-electron chi connectivity index (χ4n) is 1.07. The first kappa shape index (κ1) is 13.0. The molecule has 8 heteroatoms. The maximum atomic E-state index is 11.2. The highest BCUT2D eigenvalue weighted by Crippen LogP contribution is 1.92. The summed E-state index contributed by atoms with van der Waals surface area (Å²) in [6, 6.07) is 1.18. The lowest BCUT2D eigenvalue weighted by Crippen LogP contribution is -2.41. The molecule has 1 aromatic heterocycles. The average molecular weight is 242 g/mol. The van der Waals surface area contributed by atoms with E-state index in [0.717, 1.165) is 0 Å². The van der Waals surface area contributed by atoms with Gasteiger partial charge in [-0.15, -0.1) is 0 Å². The minimum Gasteiger partial charge on any atom is -0.479 e. The summed E-state index contributed by atoms with van der Waals surface area (Å²) in [6.45, 7) is -0.112. The summed E-state index contributed by atoms with van der Waals surface area (Å²) < 4.78 is 1.60. The highest BCUT2D eigenvalue weighted by molar-refractivity contribution is 5.76. The van der Waals surface area contributed by atoms with Gasteiger partial charge in [0.1, 0.15) is 0 Å². The Morgan fingerprint density at radius 1 is 1.53 bits per heavy atom. The first-order valence-corrected chi connectivity index (χ1v) is 4.90. The van der Waals surface area contributed by atoms with Crippen LogP contribution in [-0.2, 0) is 18.4 Å². The van der Waals surface area contributed by atoms with Crippen LogP contribution in [0.5, 0.6) is 0 Å². The van der Waals surface area contributed by atoms with Gasteiger partial charge in [-0.05, 0) is 6.07 Å². The zero-order valence-corrected chi connectivity index (χ0v) is 9.25. The summed E-state index contributed by atoms with van der Waals surface area (Å²) in [5.74, 6) is -1.38. The smallest absolute Gasteiger partial charge is 0.334 e. The Kier molecular flexibility index (Phi) is 4.46. The first-order chi connectivity index (χ1) is 7.99. The number of hydrogen-bond donors (Lipinski definition) is 4. The lowest BCUT2D eigenvalue weighted by Gasteiger charge is -2.08. The van der Waals surface area contributed by atoms with Gasteiger partial charge in [0.2, 0.25) is 0 Å². The fourth-order valence-corrected chi connectivity index (χ4v) is 1.07. The van der Waals surface area contributed by atoms with Crippen LogP contribution in [0.3, 0.4) is 0 Å². The normalized spacial score (nSPS) is 11.9. The van der Waals surface area contributed by atoms with Crippen LogP contribution in [0.15, 0.2) is 12.3 Å². The molecule has 0 aliphatic rings. The Morgan fingerprint density at radius 3 is 2.76 bits per heavy atom. The number of nitrogens with one attached hydrogen (secondary N) is 2. The zero-order chi connectivity index (χ0) is 12.8. The molecule has 8 nitrogen and oxygen atoms in total. The number of aliphatic hydroxyl groups is 1. The Hall–Kier alpha value is -2.09. The summed E-state index contributed by atoms with van der Waals surface area (Å²) in [4.78, 5) is 21.4. The summed E-state index contributed by atoms with van der Waals surface area (Å²) in [5.41, 5.74) is 0.682. The van der Waals surface area contributed by atoms with E-state index in [4.69, 9.17) is 10.2 Å². The minimum absolute atomic E-state index is 0.232. The van der Waals surface area contributed by atoms with E-state index in [9.17, 15) is 9.59 Å². The number of aliphatic hydroxyl groups excluding tert-OH is 1. The highest BCUT2D eigenvalue weighted by Gasteiger charge is 2.13. The minimum atomic E-state index is -1.60. The monoisotopic (exact) mass is 242 g/mol. The largest absolute Gasteiger partial charge is 0.479 e. The number of aromatic nitrogens is 2. The Balaban J connectivity index is 2.24. The van der Waals surface area contributed by atoms with Crippen LogP contribution >= 0.6 is 0 Å². The number of nitrogens with zero attached hydrogens (tertiary/aromatic N) is 2. The van der Waals surface area contributed by atoms with E-state index in [1.165, 1.54) is 0 Å². The second kappa shape index (κ2) is 5.85. The molecule has 0 aliphatic heterocycles. The van der Waals surface area contributed by atoms with Gasteiger partial charge in [0.25, 0.3) is 0 Å². The third-order valence-electron chi connectivity index (χ3n) is 1.94. The van der Waals surface area contributed by atoms with Gasteiger partial charge in [0.15, 0.2) is 6.10 Å². The van der Waals surface area contributed by atoms with E-state index in [-0.39, 0.29) is 13.1 Å². The number of amides is 2. The predicted molar refractivity (Wildman–Crippen MR) is 57.1 cm³/mol. The maximum absolute atomic E-state index is 11.2. The van der Waals surface area contributed by atoms with E-state index in [1.54, 1.807) is 24.0 Å². The fraction of sp³-hybridized carbons (Fsp3) is 0.444. The summed E-state index contributed by atoms with van der Waals surface area (Å²) in [7, 11) is 1.76. The van der Waals surface area contributed by atoms with Crippen molar-refractivity contribution in [2.75, 3.05) is 6.54 Å². The van der Waals surface area contributed by atoms with Crippen molar-refractivity contribution in [2.45, 2.75) is 12.6 Å². The molecular weight excluding hydrogens is 228 g/mol. The van der Waals surface area contributed by atoms with Crippen LogP contribution in [0.2, 0.25) is 0 Å². The molecule has 1 atom stereocenters. The van der Waals surface area contributed by atoms with E-state index in [2.05, 4.69) is 15.7 Å². The van der Waals surface area contributed by atoms with E-state index in [0.29, 0.717) is 5.69 Å². The predicted octanol–water partition coefficient (Wildman–Crippen LogP) is -1.34. The van der Waals surface area contributed by atoms with Crippen molar-refractivity contribution in [2.24, 2.45) is 7.05 Å². The summed E-state index contributed by atoms with van der Waals surface area (Å²) >= 11 is 0.